The van der Waals surface area contributed by atoms with Gasteiger partial charge in [0.1, 0.15) is 0 Å². The van der Waals surface area contributed by atoms with Crippen molar-refractivity contribution in [3.8, 4) is 0 Å². The summed E-state index contributed by atoms with van der Waals surface area (Å²) in [5, 5.41) is 0. The van der Waals surface area contributed by atoms with Gasteiger partial charge in [0.15, 0.2) is 0 Å². The molecular weight excluding hydrogens is 258 g/mol. The zero-order chi connectivity index (χ0) is 14.1. The minimum Gasteiger partial charge on any atom is -0.212 e. The lowest BCUT2D eigenvalue weighted by atomic mass is 9.83. The van der Waals surface area contributed by atoms with Gasteiger partial charge < -0.3 is 0 Å². The molecule has 1 aromatic rings. The summed E-state index contributed by atoms with van der Waals surface area (Å²) in [6.07, 6.45) is 1.89. The first kappa shape index (κ1) is 14.5. The van der Waals surface area contributed by atoms with Crippen LogP contribution in [0.15, 0.2) is 24.3 Å². The van der Waals surface area contributed by atoms with Crippen molar-refractivity contribution in [3.63, 3.8) is 0 Å². The summed E-state index contributed by atoms with van der Waals surface area (Å²) in [6, 6.07) is 7.74. The Balaban J connectivity index is 2.07. The van der Waals surface area contributed by atoms with E-state index in [1.165, 1.54) is 0 Å². The van der Waals surface area contributed by atoms with Crippen molar-refractivity contribution in [3.05, 3.63) is 35.4 Å². The van der Waals surface area contributed by atoms with E-state index in [0.717, 1.165) is 24.0 Å². The number of aryl methyl sites for hydroxylation is 1. The largest absolute Gasteiger partial charge is 0.218 e. The fourth-order valence-corrected chi connectivity index (χ4v) is 4.00. The molecule has 0 N–H and O–H groups in total. The average molecular weight is 281 g/mol. The zero-order valence-electron chi connectivity index (χ0n) is 12.0. The summed E-state index contributed by atoms with van der Waals surface area (Å²) in [5.74, 6) is 0.120. The highest BCUT2D eigenvalue weighted by molar-refractivity contribution is 7.88. The smallest absolute Gasteiger partial charge is 0.212 e. The molecule has 106 valence electrons. The third-order valence-electron chi connectivity index (χ3n) is 3.90. The van der Waals surface area contributed by atoms with E-state index < -0.39 is 10.0 Å². The second-order valence-electron chi connectivity index (χ2n) is 6.31. The molecular formula is C15H23NO2S. The number of piperidine rings is 1. The Labute approximate surface area is 116 Å². The molecule has 1 fully saturated rings. The maximum absolute atomic E-state index is 12.4. The van der Waals surface area contributed by atoms with Crippen molar-refractivity contribution in [2.24, 2.45) is 5.41 Å². The number of benzene rings is 1. The Kier molecular flexibility index (Phi) is 4.02. The molecule has 0 spiro atoms. The first-order valence-electron chi connectivity index (χ1n) is 6.82. The lowest BCUT2D eigenvalue weighted by Crippen LogP contribution is -2.41. The fourth-order valence-electron chi connectivity index (χ4n) is 2.47. The topological polar surface area (TPSA) is 37.4 Å². The molecule has 2 rings (SSSR count). The van der Waals surface area contributed by atoms with Crippen LogP contribution in [0.2, 0.25) is 0 Å². The summed E-state index contributed by atoms with van der Waals surface area (Å²) in [7, 11) is -3.17. The Morgan fingerprint density at radius 2 is 1.84 bits per heavy atom. The second-order valence-corrected chi connectivity index (χ2v) is 8.28. The molecule has 1 aliphatic heterocycles. The van der Waals surface area contributed by atoms with Crippen LogP contribution in [0.5, 0.6) is 0 Å². The molecule has 1 aliphatic rings. The van der Waals surface area contributed by atoms with Crippen LogP contribution in [-0.4, -0.2) is 25.8 Å². The predicted molar refractivity (Wildman–Crippen MR) is 78.4 cm³/mol. The molecule has 0 saturated carbocycles. The van der Waals surface area contributed by atoms with E-state index in [-0.39, 0.29) is 11.2 Å². The zero-order valence-corrected chi connectivity index (χ0v) is 12.8. The van der Waals surface area contributed by atoms with Crippen molar-refractivity contribution in [2.45, 2.75) is 39.4 Å². The maximum atomic E-state index is 12.4. The quantitative estimate of drug-likeness (QED) is 0.854. The molecule has 0 radical (unpaired) electrons. The standard InChI is InChI=1S/C15H23NO2S/c1-13-5-4-6-14(11-13)12-19(17,18)16-9-7-15(2,3)8-10-16/h4-6,11H,7-10,12H2,1-3H3. The van der Waals surface area contributed by atoms with E-state index in [4.69, 9.17) is 0 Å². The monoisotopic (exact) mass is 281 g/mol. The van der Waals surface area contributed by atoms with Gasteiger partial charge in [-0.25, -0.2) is 12.7 Å². The Bertz CT molecular complexity index is 539. The van der Waals surface area contributed by atoms with Gasteiger partial charge in [-0.3, -0.25) is 0 Å². The van der Waals surface area contributed by atoms with Crippen LogP contribution >= 0.6 is 0 Å². The third-order valence-corrected chi connectivity index (χ3v) is 5.75. The molecule has 0 atom stereocenters. The van der Waals surface area contributed by atoms with Crippen molar-refractivity contribution in [1.29, 1.82) is 0 Å². The Morgan fingerprint density at radius 1 is 1.21 bits per heavy atom. The van der Waals surface area contributed by atoms with Gasteiger partial charge in [0.25, 0.3) is 0 Å². The van der Waals surface area contributed by atoms with Crippen molar-refractivity contribution < 1.29 is 8.42 Å². The van der Waals surface area contributed by atoms with E-state index in [2.05, 4.69) is 13.8 Å². The van der Waals surface area contributed by atoms with Crippen molar-refractivity contribution >= 4 is 10.0 Å². The Hall–Kier alpha value is -0.870. The molecule has 1 heterocycles. The van der Waals surface area contributed by atoms with Gasteiger partial charge in [0, 0.05) is 13.1 Å². The van der Waals surface area contributed by atoms with Crippen LogP contribution in [-0.2, 0) is 15.8 Å². The number of rotatable bonds is 3. The lowest BCUT2D eigenvalue weighted by molar-refractivity contribution is 0.195. The number of nitrogens with zero attached hydrogens (tertiary/aromatic N) is 1. The molecule has 0 amide bonds. The highest BCUT2D eigenvalue weighted by atomic mass is 32.2. The third kappa shape index (κ3) is 3.80. The first-order chi connectivity index (χ1) is 8.78. The lowest BCUT2D eigenvalue weighted by Gasteiger charge is -2.36. The molecule has 1 aromatic carbocycles. The minimum atomic E-state index is -3.17. The molecule has 0 aliphatic carbocycles. The van der Waals surface area contributed by atoms with Crippen LogP contribution < -0.4 is 0 Å². The number of hydrogen-bond acceptors (Lipinski definition) is 2. The molecule has 1 saturated heterocycles. The van der Waals surface area contributed by atoms with E-state index in [9.17, 15) is 8.42 Å². The minimum absolute atomic E-state index is 0.120. The summed E-state index contributed by atoms with van der Waals surface area (Å²) < 4.78 is 26.5. The van der Waals surface area contributed by atoms with Crippen molar-refractivity contribution in [1.82, 2.24) is 4.31 Å². The van der Waals surface area contributed by atoms with Crippen molar-refractivity contribution in [2.75, 3.05) is 13.1 Å². The molecule has 0 unspecified atom stereocenters. The molecule has 3 nitrogen and oxygen atoms in total. The van der Waals surface area contributed by atoms with Gasteiger partial charge in [-0.1, -0.05) is 43.7 Å². The van der Waals surface area contributed by atoms with Gasteiger partial charge in [-0.2, -0.15) is 0 Å². The second kappa shape index (κ2) is 5.25. The first-order valence-corrected chi connectivity index (χ1v) is 8.43. The summed E-state index contributed by atoms with van der Waals surface area (Å²) in [6.45, 7) is 7.71. The number of hydrogen-bond donors (Lipinski definition) is 0. The van der Waals surface area contributed by atoms with E-state index in [1.54, 1.807) is 4.31 Å². The predicted octanol–water partition coefficient (Wildman–Crippen LogP) is 2.95. The highest BCUT2D eigenvalue weighted by Crippen LogP contribution is 2.31. The SMILES string of the molecule is Cc1cccc(CS(=O)(=O)N2CCC(C)(C)CC2)c1. The van der Waals surface area contributed by atoms with Gasteiger partial charge in [-0.05, 0) is 30.7 Å². The normalized spacial score (nSPS) is 20.4. The van der Waals surface area contributed by atoms with E-state index in [0.29, 0.717) is 13.1 Å². The van der Waals surface area contributed by atoms with Crippen LogP contribution in [0.1, 0.15) is 37.8 Å². The van der Waals surface area contributed by atoms with Crippen LogP contribution in [0, 0.1) is 12.3 Å². The number of sulfonamides is 1. The van der Waals surface area contributed by atoms with Crippen LogP contribution in [0.4, 0.5) is 0 Å². The summed E-state index contributed by atoms with van der Waals surface area (Å²) in [5.41, 5.74) is 2.26. The molecule has 19 heavy (non-hydrogen) atoms. The van der Waals surface area contributed by atoms with Gasteiger partial charge in [-0.15, -0.1) is 0 Å². The highest BCUT2D eigenvalue weighted by Gasteiger charge is 2.31. The molecule has 4 heteroatoms. The van der Waals surface area contributed by atoms with Gasteiger partial charge >= 0.3 is 0 Å². The Morgan fingerprint density at radius 3 is 2.42 bits per heavy atom. The summed E-state index contributed by atoms with van der Waals surface area (Å²) >= 11 is 0. The van der Waals surface area contributed by atoms with E-state index in [1.807, 2.05) is 31.2 Å². The van der Waals surface area contributed by atoms with E-state index >= 15 is 0 Å². The average Bonchev–Trinajstić information content (AvgIpc) is 2.27. The molecule has 0 aromatic heterocycles. The fraction of sp³-hybridized carbons (Fsp3) is 0.600. The van der Waals surface area contributed by atoms with Crippen LogP contribution in [0.25, 0.3) is 0 Å². The summed E-state index contributed by atoms with van der Waals surface area (Å²) in [4.78, 5) is 0. The molecule has 0 bridgehead atoms. The van der Waals surface area contributed by atoms with Crippen LogP contribution in [0.3, 0.4) is 0 Å². The maximum Gasteiger partial charge on any atom is 0.218 e. The van der Waals surface area contributed by atoms with Gasteiger partial charge in [0.2, 0.25) is 10.0 Å². The van der Waals surface area contributed by atoms with Gasteiger partial charge in [0.05, 0.1) is 5.75 Å².